The van der Waals surface area contributed by atoms with Crippen molar-refractivity contribution in [3.63, 3.8) is 0 Å². The molecular weight excluding hydrogens is 344 g/mol. The molecule has 3 nitrogen and oxygen atoms in total. The summed E-state index contributed by atoms with van der Waals surface area (Å²) in [6, 6.07) is 17.1. The van der Waals surface area contributed by atoms with E-state index >= 15 is 0 Å². The van der Waals surface area contributed by atoms with Crippen LogP contribution in [0.2, 0.25) is 0 Å². The Morgan fingerprint density at radius 1 is 0.857 bits per heavy atom. The van der Waals surface area contributed by atoms with Crippen molar-refractivity contribution >= 4 is 12.2 Å². The van der Waals surface area contributed by atoms with Crippen molar-refractivity contribution in [1.29, 1.82) is 0 Å². The Labute approximate surface area is 168 Å². The summed E-state index contributed by atoms with van der Waals surface area (Å²) in [5, 5.41) is 8.47. The molecule has 0 bridgehead atoms. The molecule has 0 fully saturated rings. The molecule has 0 spiro atoms. The monoisotopic (exact) mass is 374 g/mol. The van der Waals surface area contributed by atoms with E-state index in [0.717, 1.165) is 6.42 Å². The summed E-state index contributed by atoms with van der Waals surface area (Å²) in [7, 11) is 0. The number of aromatic nitrogens is 2. The van der Waals surface area contributed by atoms with E-state index < -0.39 is 0 Å². The Morgan fingerprint density at radius 2 is 1.57 bits per heavy atom. The van der Waals surface area contributed by atoms with E-state index in [-0.39, 0.29) is 5.92 Å². The quantitative estimate of drug-likeness (QED) is 0.461. The summed E-state index contributed by atoms with van der Waals surface area (Å²) in [4.78, 5) is 0. The molecule has 0 aliphatic rings. The van der Waals surface area contributed by atoms with Gasteiger partial charge in [-0.1, -0.05) is 76.2 Å². The van der Waals surface area contributed by atoms with E-state index in [9.17, 15) is 0 Å². The third-order valence-electron chi connectivity index (χ3n) is 4.97. The number of hydrogen-bond acceptors (Lipinski definition) is 3. The molecule has 0 saturated carbocycles. The zero-order valence-electron chi connectivity index (χ0n) is 17.5. The molecule has 28 heavy (non-hydrogen) atoms. The first-order valence-corrected chi connectivity index (χ1v) is 10.1. The highest BCUT2D eigenvalue weighted by Gasteiger charge is 2.15. The maximum atomic E-state index is 5.91. The zero-order valence-corrected chi connectivity index (χ0v) is 17.5. The number of nitrogens with zero attached hydrogens (tertiary/aromatic N) is 2. The van der Waals surface area contributed by atoms with Crippen molar-refractivity contribution in [1.82, 2.24) is 10.2 Å². The van der Waals surface area contributed by atoms with Gasteiger partial charge in [0, 0.05) is 6.08 Å². The Kier molecular flexibility index (Phi) is 6.45. The molecule has 3 rings (SSSR count). The van der Waals surface area contributed by atoms with Crippen molar-refractivity contribution in [3.8, 4) is 0 Å². The third kappa shape index (κ3) is 4.98. The second-order valence-corrected chi connectivity index (χ2v) is 8.16. The predicted octanol–water partition coefficient (Wildman–Crippen LogP) is 6.71. The average Bonchev–Trinajstić information content (AvgIpc) is 3.15. The summed E-state index contributed by atoms with van der Waals surface area (Å²) < 4.78 is 5.91. The van der Waals surface area contributed by atoms with Crippen molar-refractivity contribution in [2.75, 3.05) is 0 Å². The number of hydrogen-bond donors (Lipinski definition) is 0. The Morgan fingerprint density at radius 3 is 2.25 bits per heavy atom. The Balaban J connectivity index is 1.73. The second kappa shape index (κ2) is 9.01. The Bertz CT molecular complexity index is 920. The van der Waals surface area contributed by atoms with Gasteiger partial charge in [0.05, 0.1) is 5.92 Å². The lowest BCUT2D eigenvalue weighted by atomic mass is 9.97. The van der Waals surface area contributed by atoms with Crippen LogP contribution in [0.1, 0.15) is 80.5 Å². The standard InChI is InChI=1S/C25H30N2O/c1-17(2)16-20-10-12-21(13-11-20)19(5)25-27-26-24(28-25)15-14-22-8-6-7-9-23(22)18(3)4/h6-15,17-19H,16H2,1-5H3. The van der Waals surface area contributed by atoms with Crippen LogP contribution in [0.25, 0.3) is 12.2 Å². The van der Waals surface area contributed by atoms with Gasteiger partial charge in [0.1, 0.15) is 0 Å². The van der Waals surface area contributed by atoms with Gasteiger partial charge < -0.3 is 4.42 Å². The molecule has 0 radical (unpaired) electrons. The van der Waals surface area contributed by atoms with Crippen LogP contribution in [-0.2, 0) is 6.42 Å². The van der Waals surface area contributed by atoms with Crippen LogP contribution in [-0.4, -0.2) is 10.2 Å². The molecule has 1 heterocycles. The van der Waals surface area contributed by atoms with Crippen molar-refractivity contribution in [3.05, 3.63) is 82.6 Å². The molecule has 0 aliphatic heterocycles. The van der Waals surface area contributed by atoms with Crippen molar-refractivity contribution in [2.24, 2.45) is 5.92 Å². The van der Waals surface area contributed by atoms with Crippen LogP contribution in [0.4, 0.5) is 0 Å². The first-order chi connectivity index (χ1) is 13.4. The van der Waals surface area contributed by atoms with E-state index in [0.29, 0.717) is 23.6 Å². The zero-order chi connectivity index (χ0) is 20.1. The molecule has 2 aromatic carbocycles. The lowest BCUT2D eigenvalue weighted by molar-refractivity contribution is 0.472. The maximum Gasteiger partial charge on any atom is 0.240 e. The van der Waals surface area contributed by atoms with E-state index in [1.807, 2.05) is 6.08 Å². The van der Waals surface area contributed by atoms with Crippen molar-refractivity contribution in [2.45, 2.75) is 52.9 Å². The first kappa shape index (κ1) is 20.1. The van der Waals surface area contributed by atoms with Gasteiger partial charge in [0.2, 0.25) is 11.8 Å². The van der Waals surface area contributed by atoms with Gasteiger partial charge in [-0.3, -0.25) is 0 Å². The number of rotatable bonds is 7. The molecule has 1 unspecified atom stereocenters. The SMILES string of the molecule is CC(C)Cc1ccc(C(C)c2nnc(C=Cc3ccccc3C(C)C)o2)cc1. The van der Waals surface area contributed by atoms with E-state index in [2.05, 4.69) is 99.4 Å². The summed E-state index contributed by atoms with van der Waals surface area (Å²) in [5.41, 5.74) is 5.06. The minimum absolute atomic E-state index is 0.0747. The molecule has 1 atom stereocenters. The molecule has 1 aromatic heterocycles. The van der Waals surface area contributed by atoms with Crippen LogP contribution >= 0.6 is 0 Å². The third-order valence-corrected chi connectivity index (χ3v) is 4.97. The minimum Gasteiger partial charge on any atom is -0.421 e. The molecule has 3 aromatic rings. The van der Waals surface area contributed by atoms with Gasteiger partial charge in [0.25, 0.3) is 0 Å². The van der Waals surface area contributed by atoms with Crippen LogP contribution in [0.5, 0.6) is 0 Å². The number of benzene rings is 2. The van der Waals surface area contributed by atoms with Crippen molar-refractivity contribution < 1.29 is 4.42 Å². The van der Waals surface area contributed by atoms with Gasteiger partial charge in [-0.05, 0) is 53.5 Å². The maximum absolute atomic E-state index is 5.91. The largest absolute Gasteiger partial charge is 0.421 e. The van der Waals surface area contributed by atoms with Crippen LogP contribution < -0.4 is 0 Å². The molecular formula is C25H30N2O. The molecule has 146 valence electrons. The first-order valence-electron chi connectivity index (χ1n) is 10.1. The fourth-order valence-electron chi connectivity index (χ4n) is 3.39. The normalized spacial score (nSPS) is 13.0. The van der Waals surface area contributed by atoms with E-state index in [4.69, 9.17) is 4.42 Å². The van der Waals surface area contributed by atoms with Crippen LogP contribution in [0.15, 0.2) is 52.9 Å². The Hall–Kier alpha value is -2.68. The summed E-state index contributed by atoms with van der Waals surface area (Å²) in [5.74, 6) is 2.39. The van der Waals surface area contributed by atoms with E-state index in [1.54, 1.807) is 0 Å². The van der Waals surface area contributed by atoms with Gasteiger partial charge in [0.15, 0.2) is 0 Å². The van der Waals surface area contributed by atoms with E-state index in [1.165, 1.54) is 22.3 Å². The van der Waals surface area contributed by atoms with Gasteiger partial charge in [-0.25, -0.2) is 0 Å². The van der Waals surface area contributed by atoms with Crippen LogP contribution in [0, 0.1) is 5.92 Å². The van der Waals surface area contributed by atoms with Gasteiger partial charge >= 0.3 is 0 Å². The van der Waals surface area contributed by atoms with Crippen LogP contribution in [0.3, 0.4) is 0 Å². The highest BCUT2D eigenvalue weighted by molar-refractivity contribution is 5.68. The fraction of sp³-hybridized carbons (Fsp3) is 0.360. The lowest BCUT2D eigenvalue weighted by Gasteiger charge is -2.09. The predicted molar refractivity (Wildman–Crippen MR) is 116 cm³/mol. The summed E-state index contributed by atoms with van der Waals surface area (Å²) >= 11 is 0. The molecule has 3 heteroatoms. The second-order valence-electron chi connectivity index (χ2n) is 8.16. The molecule has 0 aliphatic carbocycles. The topological polar surface area (TPSA) is 38.9 Å². The smallest absolute Gasteiger partial charge is 0.240 e. The lowest BCUT2D eigenvalue weighted by Crippen LogP contribution is -1.98. The highest BCUT2D eigenvalue weighted by Crippen LogP contribution is 2.25. The fourth-order valence-corrected chi connectivity index (χ4v) is 3.39. The molecule has 0 N–H and O–H groups in total. The summed E-state index contributed by atoms with van der Waals surface area (Å²) in [6.07, 6.45) is 5.05. The molecule has 0 saturated heterocycles. The highest BCUT2D eigenvalue weighted by atomic mass is 16.4. The summed E-state index contributed by atoms with van der Waals surface area (Å²) in [6.45, 7) is 11.0. The molecule has 0 amide bonds. The minimum atomic E-state index is 0.0747. The van der Waals surface area contributed by atoms with Gasteiger partial charge in [-0.15, -0.1) is 10.2 Å². The van der Waals surface area contributed by atoms with Gasteiger partial charge in [-0.2, -0.15) is 0 Å². The average molecular weight is 375 g/mol.